The molecule has 1 saturated heterocycles. The number of amides is 5. The highest BCUT2D eigenvalue weighted by Gasteiger charge is 2.62. The molecular weight excluding hydrogens is 781 g/mol. The molecule has 6 rings (SSSR count). The third-order valence-corrected chi connectivity index (χ3v) is 12.3. The van der Waals surface area contributed by atoms with Crippen molar-refractivity contribution in [2.75, 3.05) is 27.2 Å². The maximum Gasteiger partial charge on any atom is 0.408 e. The van der Waals surface area contributed by atoms with Crippen molar-refractivity contribution in [2.24, 2.45) is 5.92 Å². The van der Waals surface area contributed by atoms with Gasteiger partial charge in [0.15, 0.2) is 0 Å². The first-order valence-corrected chi connectivity index (χ1v) is 20.8. The van der Waals surface area contributed by atoms with Crippen LogP contribution in [0.3, 0.4) is 0 Å². The number of likely N-dealkylation sites (N-methyl/N-ethyl adjacent to an activating group) is 1. The van der Waals surface area contributed by atoms with Gasteiger partial charge in [-0.1, -0.05) is 43.0 Å². The minimum Gasteiger partial charge on any atom is -0.497 e. The van der Waals surface area contributed by atoms with E-state index >= 15 is 0 Å². The number of pyridine rings is 1. The molecule has 314 valence electrons. The summed E-state index contributed by atoms with van der Waals surface area (Å²) in [7, 11) is -0.989. The monoisotopic (exact) mass is 830 g/mol. The number of hydrogen-bond donors (Lipinski definition) is 3. The van der Waals surface area contributed by atoms with Crippen molar-refractivity contribution >= 4 is 50.6 Å². The van der Waals surface area contributed by atoms with Crippen LogP contribution in [0, 0.1) is 5.92 Å². The first kappa shape index (κ1) is 42.6. The highest BCUT2D eigenvalue weighted by molar-refractivity contribution is 7.91. The smallest absolute Gasteiger partial charge is 0.408 e. The van der Waals surface area contributed by atoms with Gasteiger partial charge in [0, 0.05) is 42.5 Å². The largest absolute Gasteiger partial charge is 0.497 e. The van der Waals surface area contributed by atoms with E-state index in [0.717, 1.165) is 11.6 Å². The predicted molar refractivity (Wildman–Crippen MR) is 219 cm³/mol. The molecule has 5 atom stereocenters. The summed E-state index contributed by atoms with van der Waals surface area (Å²) in [5, 5.41) is 5.27. The molecule has 3 N–H and O–H groups in total. The number of sulfonamides is 1. The maximum absolute atomic E-state index is 14.7. The summed E-state index contributed by atoms with van der Waals surface area (Å²) in [4.78, 5) is 75.8. The first-order chi connectivity index (χ1) is 27.9. The number of likely N-dealkylation sites (tertiary alicyclic amines) is 1. The molecule has 0 unspecified atom stereocenters. The Hall–Kier alpha value is -5.97. The highest BCUT2D eigenvalue weighted by Crippen LogP contribution is 2.45. The minimum atomic E-state index is -3.96. The van der Waals surface area contributed by atoms with Crippen molar-refractivity contribution in [1.29, 1.82) is 0 Å². The second kappa shape index (κ2) is 16.7. The number of nitrogens with one attached hydrogen (secondary N) is 3. The van der Waals surface area contributed by atoms with Crippen LogP contribution in [0.4, 0.5) is 4.79 Å². The standard InChI is InChI=1S/C42H50N6O10S/c1-8-26-22-42(26,39(52)46-59(54,55)29-16-17-29)45-37(50)34-20-28(23-48(34)38(51)33(24-47(6)36(49)9-2)44-40(53)58-41(3,4)5)57-35-21-31(25-13-11-10-12-14-25)43-32-19-27(56-7)15-18-30(32)35/h8-15,18-19,21,26,28-29,33-34H,1-2,16-17,20,22-24H2,3-7H3,(H,44,53)(H,45,50)(H,46,52)/t26-,28-,33-,34+,42-/m1/s1. The van der Waals surface area contributed by atoms with Crippen molar-refractivity contribution in [2.45, 2.75) is 81.0 Å². The van der Waals surface area contributed by atoms with Gasteiger partial charge in [0.2, 0.25) is 27.7 Å². The van der Waals surface area contributed by atoms with Crippen LogP contribution in [0.2, 0.25) is 0 Å². The maximum atomic E-state index is 14.7. The van der Waals surface area contributed by atoms with E-state index in [0.29, 0.717) is 40.9 Å². The lowest BCUT2D eigenvalue weighted by molar-refractivity contribution is -0.141. The fourth-order valence-corrected chi connectivity index (χ4v) is 8.45. The number of aromatic nitrogens is 1. The van der Waals surface area contributed by atoms with Gasteiger partial charge >= 0.3 is 6.09 Å². The van der Waals surface area contributed by atoms with Crippen LogP contribution >= 0.6 is 0 Å². The van der Waals surface area contributed by atoms with Crippen molar-refractivity contribution in [3.05, 3.63) is 79.9 Å². The molecule has 2 saturated carbocycles. The molecule has 0 radical (unpaired) electrons. The molecule has 0 spiro atoms. The number of hydrogen-bond acceptors (Lipinski definition) is 11. The number of benzene rings is 2. The molecule has 5 amide bonds. The number of alkyl carbamates (subject to hydrolysis) is 1. The van der Waals surface area contributed by atoms with Crippen LogP contribution in [0.5, 0.6) is 11.5 Å². The molecule has 1 aliphatic heterocycles. The molecule has 2 aliphatic carbocycles. The average Bonchev–Trinajstić information content (AvgIpc) is 4.13. The fourth-order valence-electron chi connectivity index (χ4n) is 7.09. The van der Waals surface area contributed by atoms with Gasteiger partial charge < -0.3 is 34.6 Å². The van der Waals surface area contributed by atoms with Gasteiger partial charge in [-0.15, -0.1) is 6.58 Å². The van der Waals surface area contributed by atoms with E-state index in [1.807, 2.05) is 30.3 Å². The van der Waals surface area contributed by atoms with Crippen molar-refractivity contribution in [3.63, 3.8) is 0 Å². The van der Waals surface area contributed by atoms with Crippen molar-refractivity contribution in [3.8, 4) is 22.8 Å². The summed E-state index contributed by atoms with van der Waals surface area (Å²) in [5.74, 6) is -2.54. The minimum absolute atomic E-state index is 0.0738. The van der Waals surface area contributed by atoms with E-state index in [2.05, 4.69) is 28.5 Å². The molecule has 17 heteroatoms. The summed E-state index contributed by atoms with van der Waals surface area (Å²) >= 11 is 0. The lowest BCUT2D eigenvalue weighted by Gasteiger charge is -2.31. The second-order valence-electron chi connectivity index (χ2n) is 16.0. The number of carbonyl (C=O) groups is 5. The van der Waals surface area contributed by atoms with Crippen LogP contribution in [0.25, 0.3) is 22.2 Å². The molecule has 3 aromatic rings. The van der Waals surface area contributed by atoms with Crippen LogP contribution < -0.4 is 24.8 Å². The molecule has 59 heavy (non-hydrogen) atoms. The number of rotatable bonds is 15. The number of nitrogens with zero attached hydrogens (tertiary/aromatic N) is 3. The number of fused-ring (bicyclic) bond motifs is 1. The average molecular weight is 831 g/mol. The Morgan fingerprint density at radius 3 is 2.39 bits per heavy atom. The van der Waals surface area contributed by atoms with Crippen molar-refractivity contribution < 1.29 is 46.6 Å². The van der Waals surface area contributed by atoms with Crippen molar-refractivity contribution in [1.82, 2.24) is 30.1 Å². The van der Waals surface area contributed by atoms with E-state index in [-0.39, 0.29) is 25.9 Å². The van der Waals surface area contributed by atoms with Crippen LogP contribution in [0.1, 0.15) is 46.5 Å². The Labute approximate surface area is 343 Å². The summed E-state index contributed by atoms with van der Waals surface area (Å²) in [6.07, 6.45) is 1.62. The molecule has 0 bridgehead atoms. The Kier molecular flexibility index (Phi) is 12.1. The van der Waals surface area contributed by atoms with Gasteiger partial charge in [-0.3, -0.25) is 23.9 Å². The fraction of sp³-hybridized carbons (Fsp3) is 0.429. The molecule has 3 aliphatic rings. The van der Waals surface area contributed by atoms with Crippen LogP contribution in [0.15, 0.2) is 79.9 Å². The lowest BCUT2D eigenvalue weighted by Crippen LogP contribution is -2.60. The molecule has 2 heterocycles. The Bertz CT molecular complexity index is 2280. The van der Waals surface area contributed by atoms with E-state index in [9.17, 15) is 32.4 Å². The Morgan fingerprint density at radius 2 is 1.78 bits per heavy atom. The summed E-state index contributed by atoms with van der Waals surface area (Å²) in [6.45, 7) is 11.7. The van der Waals surface area contributed by atoms with E-state index in [4.69, 9.17) is 19.2 Å². The normalized spacial score (nSPS) is 21.7. The quantitative estimate of drug-likeness (QED) is 0.150. The lowest BCUT2D eigenvalue weighted by atomic mass is 10.1. The molecule has 1 aromatic heterocycles. The second-order valence-corrected chi connectivity index (χ2v) is 18.0. The Morgan fingerprint density at radius 1 is 1.07 bits per heavy atom. The van der Waals surface area contributed by atoms with E-state index in [1.165, 1.54) is 22.9 Å². The third-order valence-electron chi connectivity index (χ3n) is 10.4. The predicted octanol–water partition coefficient (Wildman–Crippen LogP) is 3.47. The van der Waals surface area contributed by atoms with Gasteiger partial charge in [-0.05, 0) is 58.2 Å². The number of ether oxygens (including phenoxy) is 3. The molecule has 3 fully saturated rings. The van der Waals surface area contributed by atoms with E-state index in [1.54, 1.807) is 52.1 Å². The summed E-state index contributed by atoms with van der Waals surface area (Å²) in [5.41, 5.74) is -0.596. The zero-order chi connectivity index (χ0) is 42.9. The summed E-state index contributed by atoms with van der Waals surface area (Å²) in [6, 6.07) is 13.8. The van der Waals surface area contributed by atoms with Gasteiger partial charge in [-0.2, -0.15) is 0 Å². The summed E-state index contributed by atoms with van der Waals surface area (Å²) < 4.78 is 45.3. The zero-order valence-corrected chi connectivity index (χ0v) is 34.5. The van der Waals surface area contributed by atoms with Gasteiger partial charge in [0.1, 0.15) is 40.8 Å². The van der Waals surface area contributed by atoms with Gasteiger partial charge in [0.25, 0.3) is 5.91 Å². The highest BCUT2D eigenvalue weighted by atomic mass is 32.2. The molecule has 2 aromatic carbocycles. The van der Waals surface area contributed by atoms with Crippen LogP contribution in [-0.2, 0) is 33.9 Å². The van der Waals surface area contributed by atoms with Gasteiger partial charge in [-0.25, -0.2) is 18.2 Å². The van der Waals surface area contributed by atoms with Crippen LogP contribution in [-0.4, -0.2) is 115 Å². The number of carbonyl (C=O) groups excluding carboxylic acids is 5. The zero-order valence-electron chi connectivity index (χ0n) is 33.7. The SMILES string of the molecule is C=CC(=O)N(C)C[C@@H](NC(=O)OC(C)(C)C)C(=O)N1C[C@H](Oc2cc(-c3ccccc3)nc3cc(OC)ccc23)C[C@H]1C(=O)N[C@]1(C(=O)NS(=O)(=O)C2CC2)C[C@H]1C=C. The topological polar surface area (TPSA) is 203 Å². The Balaban J connectivity index is 1.36. The van der Waals surface area contributed by atoms with Gasteiger partial charge in [0.05, 0.1) is 36.7 Å². The van der Waals surface area contributed by atoms with E-state index < -0.39 is 80.2 Å². The molecule has 16 nitrogen and oxygen atoms in total. The molecular formula is C42H50N6O10S. The third kappa shape index (κ3) is 9.67. The number of methoxy groups -OCH3 is 1. The first-order valence-electron chi connectivity index (χ1n) is 19.3.